The number of carbonyl (C=O) groups excluding carboxylic acids is 3. The van der Waals surface area contributed by atoms with Crippen LogP contribution in [0.1, 0.15) is 48.3 Å². The van der Waals surface area contributed by atoms with E-state index in [2.05, 4.69) is 31.3 Å². The lowest BCUT2D eigenvalue weighted by Gasteiger charge is -2.15. The van der Waals surface area contributed by atoms with E-state index < -0.39 is 11.9 Å². The van der Waals surface area contributed by atoms with Crippen molar-refractivity contribution in [3.8, 4) is 5.75 Å². The van der Waals surface area contributed by atoms with Crippen LogP contribution >= 0.6 is 0 Å². The Bertz CT molecular complexity index is 860. The summed E-state index contributed by atoms with van der Waals surface area (Å²) in [5, 5.41) is 2.82. The molecule has 1 atom stereocenters. The largest absolute Gasteiger partial charge is 0.484 e. The summed E-state index contributed by atoms with van der Waals surface area (Å²) in [6.07, 6.45) is 1.01. The first-order chi connectivity index (χ1) is 14.2. The molecule has 0 aromatic heterocycles. The van der Waals surface area contributed by atoms with Gasteiger partial charge in [0.1, 0.15) is 5.75 Å². The van der Waals surface area contributed by atoms with Crippen LogP contribution in [0.25, 0.3) is 0 Å². The fourth-order valence-corrected chi connectivity index (χ4v) is 2.84. The lowest BCUT2D eigenvalue weighted by atomic mass is 10.00. The Kier molecular flexibility index (Phi) is 8.41. The summed E-state index contributed by atoms with van der Waals surface area (Å²) in [6.45, 7) is 5.59. The Balaban J connectivity index is 1.80. The van der Waals surface area contributed by atoms with Gasteiger partial charge in [-0.3, -0.25) is 9.59 Å². The van der Waals surface area contributed by atoms with Crippen molar-refractivity contribution < 1.29 is 23.9 Å². The quantitative estimate of drug-likeness (QED) is 0.584. The van der Waals surface area contributed by atoms with Gasteiger partial charge in [0, 0.05) is 0 Å². The van der Waals surface area contributed by atoms with Gasteiger partial charge < -0.3 is 20.5 Å². The predicted molar refractivity (Wildman–Crippen MR) is 113 cm³/mol. The molecule has 0 bridgehead atoms. The van der Waals surface area contributed by atoms with Gasteiger partial charge in [0.05, 0.1) is 11.6 Å². The molecular formula is C23H28N2O5. The van der Waals surface area contributed by atoms with E-state index in [0.29, 0.717) is 11.7 Å². The normalized spacial score (nSPS) is 11.6. The molecule has 0 saturated carbocycles. The number of hydrogen-bond donors (Lipinski definition) is 2. The molecule has 2 aromatic rings. The maximum absolute atomic E-state index is 12.1. The molecule has 0 saturated heterocycles. The van der Waals surface area contributed by atoms with E-state index in [9.17, 15) is 14.4 Å². The van der Waals surface area contributed by atoms with Gasteiger partial charge in [-0.2, -0.15) is 0 Å². The molecule has 0 aliphatic heterocycles. The smallest absolute Gasteiger partial charge is 0.338 e. The van der Waals surface area contributed by atoms with Crippen molar-refractivity contribution in [3.63, 3.8) is 0 Å². The van der Waals surface area contributed by atoms with Gasteiger partial charge in [-0.15, -0.1) is 0 Å². The molecular weight excluding hydrogens is 384 g/mol. The third-order valence-corrected chi connectivity index (χ3v) is 4.31. The Labute approximate surface area is 176 Å². The molecule has 2 amide bonds. The van der Waals surface area contributed by atoms with Gasteiger partial charge in [0.25, 0.3) is 11.8 Å². The molecule has 7 heteroatoms. The molecule has 3 N–H and O–H groups in total. The van der Waals surface area contributed by atoms with Crippen LogP contribution in [0.4, 0.5) is 0 Å². The van der Waals surface area contributed by atoms with Crippen LogP contribution in [-0.4, -0.2) is 31.0 Å². The van der Waals surface area contributed by atoms with Crippen molar-refractivity contribution >= 4 is 17.8 Å². The number of amides is 2. The zero-order valence-corrected chi connectivity index (χ0v) is 17.5. The van der Waals surface area contributed by atoms with Crippen molar-refractivity contribution in [1.82, 2.24) is 5.32 Å². The highest BCUT2D eigenvalue weighted by atomic mass is 16.5. The van der Waals surface area contributed by atoms with E-state index in [1.165, 1.54) is 29.8 Å². The van der Waals surface area contributed by atoms with E-state index in [1.807, 2.05) is 19.1 Å². The Hall–Kier alpha value is -3.35. The molecule has 0 fully saturated rings. The van der Waals surface area contributed by atoms with E-state index >= 15 is 0 Å². The first-order valence-electron chi connectivity index (χ1n) is 9.81. The van der Waals surface area contributed by atoms with Crippen LogP contribution in [0.3, 0.4) is 0 Å². The molecule has 30 heavy (non-hydrogen) atoms. The minimum atomic E-state index is -0.628. The second-order valence-electron chi connectivity index (χ2n) is 7.48. The SMILES string of the molecule is CC(C)Cc1ccc([C@@H](C)NC(=O)COC(=O)c2ccc(OCC(N)=O)cc2)cc1. The molecule has 0 heterocycles. The number of esters is 1. The first-order valence-corrected chi connectivity index (χ1v) is 9.81. The minimum absolute atomic E-state index is 0.203. The molecule has 0 aliphatic rings. The van der Waals surface area contributed by atoms with Crippen LogP contribution < -0.4 is 15.8 Å². The van der Waals surface area contributed by atoms with Crippen LogP contribution in [-0.2, 0) is 20.7 Å². The second-order valence-corrected chi connectivity index (χ2v) is 7.48. The average molecular weight is 412 g/mol. The number of nitrogens with two attached hydrogens (primary N) is 1. The zero-order valence-electron chi connectivity index (χ0n) is 17.5. The fourth-order valence-electron chi connectivity index (χ4n) is 2.84. The summed E-state index contributed by atoms with van der Waals surface area (Å²) in [5.41, 5.74) is 7.51. The van der Waals surface area contributed by atoms with Crippen molar-refractivity contribution in [2.24, 2.45) is 11.7 Å². The molecule has 0 spiro atoms. The lowest BCUT2D eigenvalue weighted by molar-refractivity contribution is -0.125. The average Bonchev–Trinajstić information content (AvgIpc) is 2.71. The van der Waals surface area contributed by atoms with Gasteiger partial charge in [-0.1, -0.05) is 38.1 Å². The van der Waals surface area contributed by atoms with E-state index in [-0.39, 0.29) is 30.7 Å². The van der Waals surface area contributed by atoms with Crippen molar-refractivity contribution in [2.75, 3.05) is 13.2 Å². The summed E-state index contributed by atoms with van der Waals surface area (Å²) in [5.74, 6) is -0.621. The first kappa shape index (κ1) is 22.9. The summed E-state index contributed by atoms with van der Waals surface area (Å²) >= 11 is 0. The van der Waals surface area contributed by atoms with Gasteiger partial charge in [-0.05, 0) is 54.7 Å². The maximum Gasteiger partial charge on any atom is 0.338 e. The minimum Gasteiger partial charge on any atom is -0.484 e. The van der Waals surface area contributed by atoms with Gasteiger partial charge in [0.2, 0.25) is 0 Å². The van der Waals surface area contributed by atoms with Crippen molar-refractivity contribution in [2.45, 2.75) is 33.2 Å². The molecule has 2 aromatic carbocycles. The summed E-state index contributed by atoms with van der Waals surface area (Å²) in [6, 6.07) is 13.9. The van der Waals surface area contributed by atoms with Crippen LogP contribution in [0.2, 0.25) is 0 Å². The van der Waals surface area contributed by atoms with Crippen LogP contribution in [0.5, 0.6) is 5.75 Å². The third kappa shape index (κ3) is 7.58. The van der Waals surface area contributed by atoms with Crippen LogP contribution in [0, 0.1) is 5.92 Å². The highest BCUT2D eigenvalue weighted by Crippen LogP contribution is 2.16. The summed E-state index contributed by atoms with van der Waals surface area (Å²) < 4.78 is 10.2. The second kappa shape index (κ2) is 11.0. The fraction of sp³-hybridized carbons (Fsp3) is 0.348. The summed E-state index contributed by atoms with van der Waals surface area (Å²) in [7, 11) is 0. The van der Waals surface area contributed by atoms with E-state index in [0.717, 1.165) is 12.0 Å². The molecule has 2 rings (SSSR count). The third-order valence-electron chi connectivity index (χ3n) is 4.31. The summed E-state index contributed by atoms with van der Waals surface area (Å²) in [4.78, 5) is 34.9. The standard InChI is InChI=1S/C23H28N2O5/c1-15(2)12-17-4-6-18(7-5-17)16(3)25-22(27)14-30-23(28)19-8-10-20(11-9-19)29-13-21(24)26/h4-11,15-16H,12-14H2,1-3H3,(H2,24,26)(H,25,27)/t16-/m1/s1. The number of primary amides is 1. The monoisotopic (exact) mass is 412 g/mol. The highest BCUT2D eigenvalue weighted by Gasteiger charge is 2.13. The molecule has 0 aliphatic carbocycles. The Morgan fingerprint density at radius 2 is 1.57 bits per heavy atom. The Morgan fingerprint density at radius 1 is 0.933 bits per heavy atom. The van der Waals surface area contributed by atoms with E-state index in [1.54, 1.807) is 0 Å². The predicted octanol–water partition coefficient (Wildman–Crippen LogP) is 2.78. The zero-order chi connectivity index (χ0) is 22.1. The van der Waals surface area contributed by atoms with Gasteiger partial charge in [0.15, 0.2) is 13.2 Å². The number of benzene rings is 2. The number of nitrogens with one attached hydrogen (secondary N) is 1. The van der Waals surface area contributed by atoms with Gasteiger partial charge in [-0.25, -0.2) is 4.79 Å². The topological polar surface area (TPSA) is 108 Å². The molecule has 0 radical (unpaired) electrons. The molecule has 7 nitrogen and oxygen atoms in total. The maximum atomic E-state index is 12.1. The lowest BCUT2D eigenvalue weighted by Crippen LogP contribution is -2.31. The number of carbonyl (C=O) groups is 3. The number of ether oxygens (including phenoxy) is 2. The molecule has 160 valence electrons. The molecule has 0 unspecified atom stereocenters. The van der Waals surface area contributed by atoms with Crippen molar-refractivity contribution in [3.05, 3.63) is 65.2 Å². The number of hydrogen-bond acceptors (Lipinski definition) is 5. The van der Waals surface area contributed by atoms with Crippen LogP contribution in [0.15, 0.2) is 48.5 Å². The van der Waals surface area contributed by atoms with Gasteiger partial charge >= 0.3 is 5.97 Å². The van der Waals surface area contributed by atoms with E-state index in [4.69, 9.17) is 15.2 Å². The number of rotatable bonds is 10. The highest BCUT2D eigenvalue weighted by molar-refractivity contribution is 5.91. The Morgan fingerprint density at radius 3 is 2.13 bits per heavy atom. The van der Waals surface area contributed by atoms with Crippen molar-refractivity contribution in [1.29, 1.82) is 0 Å².